The van der Waals surface area contributed by atoms with Gasteiger partial charge in [0.25, 0.3) is 0 Å². The van der Waals surface area contributed by atoms with Crippen LogP contribution >= 0.6 is 0 Å². The molecule has 0 bridgehead atoms. The molecule has 5 heteroatoms. The van der Waals surface area contributed by atoms with Crippen LogP contribution in [0.15, 0.2) is 0 Å². The Kier molecular flexibility index (Phi) is 6.65. The van der Waals surface area contributed by atoms with E-state index in [0.717, 1.165) is 25.9 Å². The molecule has 0 saturated carbocycles. The number of nitrogens with two attached hydrogens (primary N) is 1. The molecule has 0 spiro atoms. The minimum absolute atomic E-state index is 0.000104. The Morgan fingerprint density at radius 1 is 1.19 bits per heavy atom. The molecule has 0 radical (unpaired) electrons. The van der Waals surface area contributed by atoms with E-state index in [1.54, 1.807) is 0 Å². The summed E-state index contributed by atoms with van der Waals surface area (Å²) in [4.78, 5) is 25.8. The molecule has 1 saturated heterocycles. The molecule has 1 heterocycles. The van der Waals surface area contributed by atoms with Crippen LogP contribution in [0.2, 0.25) is 0 Å². The summed E-state index contributed by atoms with van der Waals surface area (Å²) in [5, 5.41) is 2.65. The van der Waals surface area contributed by atoms with Crippen LogP contribution in [0.3, 0.4) is 0 Å². The molecular weight excluding hydrogens is 266 g/mol. The lowest BCUT2D eigenvalue weighted by Crippen LogP contribution is -2.50. The number of amides is 2. The number of carbonyl (C=O) groups excluding carboxylic acids is 2. The van der Waals surface area contributed by atoms with Gasteiger partial charge in [-0.1, -0.05) is 40.5 Å². The molecule has 1 rings (SSSR count). The average Bonchev–Trinajstić information content (AvgIpc) is 2.51. The largest absolute Gasteiger partial charge is 0.346 e. The topological polar surface area (TPSA) is 75.4 Å². The van der Waals surface area contributed by atoms with Gasteiger partial charge in [0.2, 0.25) is 11.8 Å². The second-order valence-electron chi connectivity index (χ2n) is 6.58. The third-order valence-corrected chi connectivity index (χ3v) is 5.11. The average molecular weight is 297 g/mol. The SMILES string of the molecule is CCC1(CC)CCN(C(=O)CNC(=O)[C@@H](N)C(C)C)CC1. The highest BCUT2D eigenvalue weighted by molar-refractivity contribution is 5.87. The Labute approximate surface area is 128 Å². The van der Waals surface area contributed by atoms with Crippen molar-refractivity contribution in [2.45, 2.75) is 59.4 Å². The van der Waals surface area contributed by atoms with Crippen molar-refractivity contribution in [1.82, 2.24) is 10.2 Å². The summed E-state index contributed by atoms with van der Waals surface area (Å²) in [7, 11) is 0. The van der Waals surface area contributed by atoms with Gasteiger partial charge in [-0.05, 0) is 24.2 Å². The molecule has 3 N–H and O–H groups in total. The summed E-state index contributed by atoms with van der Waals surface area (Å²) >= 11 is 0. The quantitative estimate of drug-likeness (QED) is 0.780. The summed E-state index contributed by atoms with van der Waals surface area (Å²) in [6, 6.07) is -0.549. The molecule has 1 atom stereocenters. The summed E-state index contributed by atoms with van der Waals surface area (Å²) in [5.41, 5.74) is 6.16. The minimum atomic E-state index is -0.549. The Balaban J connectivity index is 2.40. The lowest BCUT2D eigenvalue weighted by molar-refractivity contribution is -0.135. The lowest BCUT2D eigenvalue weighted by atomic mass is 9.74. The van der Waals surface area contributed by atoms with Gasteiger partial charge in [-0.15, -0.1) is 0 Å². The van der Waals surface area contributed by atoms with Gasteiger partial charge in [0.15, 0.2) is 0 Å². The van der Waals surface area contributed by atoms with Crippen LogP contribution in [0.25, 0.3) is 0 Å². The second kappa shape index (κ2) is 7.78. The van der Waals surface area contributed by atoms with E-state index < -0.39 is 6.04 Å². The zero-order valence-corrected chi connectivity index (χ0v) is 13.9. The Morgan fingerprint density at radius 2 is 1.71 bits per heavy atom. The molecule has 122 valence electrons. The van der Waals surface area contributed by atoms with Gasteiger partial charge in [0.05, 0.1) is 12.6 Å². The van der Waals surface area contributed by atoms with E-state index in [1.807, 2.05) is 18.7 Å². The Morgan fingerprint density at radius 3 is 2.14 bits per heavy atom. The standard InChI is InChI=1S/C16H31N3O2/c1-5-16(6-2)7-9-19(10-8-16)13(20)11-18-15(21)14(17)12(3)4/h12,14H,5-11,17H2,1-4H3,(H,18,21)/t14-/m0/s1. The van der Waals surface area contributed by atoms with Crippen LogP contribution < -0.4 is 11.1 Å². The fourth-order valence-electron chi connectivity index (χ4n) is 2.88. The monoisotopic (exact) mass is 297 g/mol. The first-order chi connectivity index (χ1) is 9.85. The first kappa shape index (κ1) is 18.0. The predicted octanol–water partition coefficient (Wildman–Crippen LogP) is 1.51. The van der Waals surface area contributed by atoms with Gasteiger partial charge in [-0.2, -0.15) is 0 Å². The van der Waals surface area contributed by atoms with Gasteiger partial charge in [0, 0.05) is 13.1 Å². The number of nitrogens with zero attached hydrogens (tertiary/aromatic N) is 1. The van der Waals surface area contributed by atoms with Crippen LogP contribution in [-0.2, 0) is 9.59 Å². The maximum atomic E-state index is 12.2. The van der Waals surface area contributed by atoms with Crippen molar-refractivity contribution in [3.05, 3.63) is 0 Å². The fraction of sp³-hybridized carbons (Fsp3) is 0.875. The molecule has 1 aliphatic rings. The van der Waals surface area contributed by atoms with Gasteiger partial charge in [-0.3, -0.25) is 9.59 Å². The van der Waals surface area contributed by atoms with E-state index in [2.05, 4.69) is 19.2 Å². The third-order valence-electron chi connectivity index (χ3n) is 5.11. The summed E-state index contributed by atoms with van der Waals surface area (Å²) < 4.78 is 0. The number of nitrogens with one attached hydrogen (secondary N) is 1. The maximum Gasteiger partial charge on any atom is 0.241 e. The summed E-state index contributed by atoms with van der Waals surface area (Å²) in [5.74, 6) is -0.170. The van der Waals surface area contributed by atoms with Crippen molar-refractivity contribution in [2.24, 2.45) is 17.1 Å². The first-order valence-electron chi connectivity index (χ1n) is 8.16. The summed E-state index contributed by atoms with van der Waals surface area (Å²) in [6.45, 7) is 9.91. The normalized spacial score (nSPS) is 19.4. The van der Waals surface area contributed by atoms with E-state index in [4.69, 9.17) is 5.73 Å². The van der Waals surface area contributed by atoms with E-state index in [0.29, 0.717) is 5.41 Å². The smallest absolute Gasteiger partial charge is 0.241 e. The molecule has 0 aromatic heterocycles. The molecule has 1 aliphatic heterocycles. The van der Waals surface area contributed by atoms with Crippen molar-refractivity contribution in [1.29, 1.82) is 0 Å². The molecular formula is C16H31N3O2. The lowest BCUT2D eigenvalue weighted by Gasteiger charge is -2.41. The predicted molar refractivity (Wildman–Crippen MR) is 84.7 cm³/mol. The molecule has 0 aromatic rings. The van der Waals surface area contributed by atoms with Crippen molar-refractivity contribution < 1.29 is 9.59 Å². The summed E-state index contributed by atoms with van der Waals surface area (Å²) in [6.07, 6.45) is 4.47. The third kappa shape index (κ3) is 4.70. The highest BCUT2D eigenvalue weighted by Crippen LogP contribution is 2.37. The van der Waals surface area contributed by atoms with E-state index >= 15 is 0 Å². The van der Waals surface area contributed by atoms with Crippen molar-refractivity contribution in [3.8, 4) is 0 Å². The highest BCUT2D eigenvalue weighted by Gasteiger charge is 2.32. The number of likely N-dealkylation sites (tertiary alicyclic amines) is 1. The van der Waals surface area contributed by atoms with E-state index in [-0.39, 0.29) is 24.3 Å². The van der Waals surface area contributed by atoms with Gasteiger partial charge in [0.1, 0.15) is 0 Å². The molecule has 2 amide bonds. The van der Waals surface area contributed by atoms with E-state index in [9.17, 15) is 9.59 Å². The first-order valence-corrected chi connectivity index (χ1v) is 8.16. The zero-order chi connectivity index (χ0) is 16.0. The van der Waals surface area contributed by atoms with Crippen LogP contribution in [0.4, 0.5) is 0 Å². The highest BCUT2D eigenvalue weighted by atomic mass is 16.2. The van der Waals surface area contributed by atoms with Crippen LogP contribution in [-0.4, -0.2) is 42.4 Å². The number of hydrogen-bond acceptors (Lipinski definition) is 3. The Bertz CT molecular complexity index is 355. The van der Waals surface area contributed by atoms with Crippen LogP contribution in [0.5, 0.6) is 0 Å². The molecule has 21 heavy (non-hydrogen) atoms. The zero-order valence-electron chi connectivity index (χ0n) is 13.9. The number of hydrogen-bond donors (Lipinski definition) is 2. The second-order valence-corrected chi connectivity index (χ2v) is 6.58. The van der Waals surface area contributed by atoms with E-state index in [1.165, 1.54) is 12.8 Å². The molecule has 0 unspecified atom stereocenters. The number of carbonyl (C=O) groups is 2. The Hall–Kier alpha value is -1.10. The van der Waals surface area contributed by atoms with Gasteiger partial charge < -0.3 is 16.0 Å². The van der Waals surface area contributed by atoms with Gasteiger partial charge >= 0.3 is 0 Å². The maximum absolute atomic E-state index is 12.2. The molecule has 5 nitrogen and oxygen atoms in total. The number of piperidine rings is 1. The minimum Gasteiger partial charge on any atom is -0.346 e. The van der Waals surface area contributed by atoms with Crippen LogP contribution in [0, 0.1) is 11.3 Å². The van der Waals surface area contributed by atoms with Crippen molar-refractivity contribution >= 4 is 11.8 Å². The molecule has 1 fully saturated rings. The fourth-order valence-corrected chi connectivity index (χ4v) is 2.88. The molecule has 0 aromatic carbocycles. The van der Waals surface area contributed by atoms with Gasteiger partial charge in [-0.25, -0.2) is 0 Å². The van der Waals surface area contributed by atoms with Crippen LogP contribution in [0.1, 0.15) is 53.4 Å². The number of rotatable bonds is 6. The van der Waals surface area contributed by atoms with Crippen molar-refractivity contribution in [2.75, 3.05) is 19.6 Å². The molecule has 0 aliphatic carbocycles. The van der Waals surface area contributed by atoms with Crippen molar-refractivity contribution in [3.63, 3.8) is 0 Å².